The number of hydrogen-bond acceptors (Lipinski definition) is 2. The molecule has 0 saturated carbocycles. The molecule has 5 nitrogen and oxygen atoms in total. The lowest BCUT2D eigenvalue weighted by molar-refractivity contribution is -0.572. The number of pyridine rings is 1. The Bertz CT molecular complexity index is 2700. The van der Waals surface area contributed by atoms with Crippen LogP contribution in [0.1, 0.15) is 78.0 Å². The molecule has 9 rings (SSSR count). The van der Waals surface area contributed by atoms with Crippen LogP contribution in [0, 0.1) is 6.33 Å². The lowest BCUT2D eigenvalue weighted by Crippen LogP contribution is -2.36. The number of hydrogen-bond donors (Lipinski definition) is 0. The molecule has 0 unspecified atom stereocenters. The number of aromatic nitrogens is 4. The van der Waals surface area contributed by atoms with Crippen LogP contribution in [0.4, 0.5) is 0 Å². The summed E-state index contributed by atoms with van der Waals surface area (Å²) >= 11 is 0. The zero-order chi connectivity index (χ0) is 36.7. The molecule has 0 aliphatic heterocycles. The summed E-state index contributed by atoms with van der Waals surface area (Å²) in [5.74, 6) is 2.42. The van der Waals surface area contributed by atoms with Crippen molar-refractivity contribution in [3.05, 3.63) is 151 Å². The Hall–Kier alpha value is -5.68. The fourth-order valence-corrected chi connectivity index (χ4v) is 8.25. The Kier molecular flexibility index (Phi) is 7.46. The maximum absolute atomic E-state index is 6.65. The number of nitrogens with zero attached hydrogens (tertiary/aromatic N) is 4. The molecule has 3 heterocycles. The predicted octanol–water partition coefficient (Wildman–Crippen LogP) is 11.6. The molecule has 5 heteroatoms. The van der Waals surface area contributed by atoms with Crippen LogP contribution in [0.25, 0.3) is 50.0 Å². The summed E-state index contributed by atoms with van der Waals surface area (Å²) in [5, 5.41) is 2.35. The minimum atomic E-state index is 0.00609. The third kappa shape index (κ3) is 5.61. The average Bonchev–Trinajstić information content (AvgIpc) is 3.69. The van der Waals surface area contributed by atoms with E-state index in [9.17, 15) is 0 Å². The Morgan fingerprint density at radius 3 is 2.19 bits per heavy atom. The van der Waals surface area contributed by atoms with Crippen LogP contribution < -0.4 is 9.30 Å². The van der Waals surface area contributed by atoms with Crippen molar-refractivity contribution in [2.24, 2.45) is 0 Å². The molecule has 0 bridgehead atoms. The SMILES string of the molecule is CC(C)(C)c1ccnc(-n2c3ccccc3c3ccc(Oc4cccc(-n5[c-][n+](-c6ccc7c(c6)C(C)(C)CCC7(C)C)c6ccccc65)c4)cc32)c1. The first kappa shape index (κ1) is 33.2. The Morgan fingerprint density at radius 2 is 1.38 bits per heavy atom. The highest BCUT2D eigenvalue weighted by Crippen LogP contribution is 2.46. The maximum atomic E-state index is 6.65. The van der Waals surface area contributed by atoms with Gasteiger partial charge in [-0.25, -0.2) is 4.98 Å². The first-order valence-corrected chi connectivity index (χ1v) is 18.8. The lowest BCUT2D eigenvalue weighted by atomic mass is 9.63. The standard InChI is InChI=1S/C48H46N4O/c1-46(2,3)32-23-26-49-45(27-32)52-41-16-9-8-15-37(41)38-21-20-36(30-44(38)52)53-35-14-12-13-33(28-35)50-31-51(43-18-11-10-17-42(43)50)34-19-22-39-40(29-34)48(6,7)25-24-47(39,4)5/h8-23,26-30H,24-25H2,1-7H3. The molecular formula is C48H46N4O. The maximum Gasteiger partial charge on any atom is 0.269 e. The first-order chi connectivity index (χ1) is 25.4. The first-order valence-electron chi connectivity index (χ1n) is 18.8. The smallest absolute Gasteiger partial charge is 0.269 e. The molecule has 1 aliphatic rings. The van der Waals surface area contributed by atoms with Crippen molar-refractivity contribution < 1.29 is 9.30 Å². The van der Waals surface area contributed by atoms with E-state index in [1.165, 1.54) is 34.9 Å². The average molecular weight is 695 g/mol. The Labute approximate surface area is 312 Å². The summed E-state index contributed by atoms with van der Waals surface area (Å²) in [5.41, 5.74) is 10.9. The Morgan fingerprint density at radius 1 is 0.660 bits per heavy atom. The fraction of sp³-hybridized carbons (Fsp3) is 0.250. The molecule has 53 heavy (non-hydrogen) atoms. The minimum Gasteiger partial charge on any atom is -0.458 e. The molecule has 0 atom stereocenters. The van der Waals surface area contributed by atoms with Crippen molar-refractivity contribution in [3.63, 3.8) is 0 Å². The van der Waals surface area contributed by atoms with Gasteiger partial charge in [0.15, 0.2) is 0 Å². The quantitative estimate of drug-likeness (QED) is 0.133. The molecule has 264 valence electrons. The van der Waals surface area contributed by atoms with Crippen molar-refractivity contribution in [2.45, 2.75) is 77.6 Å². The van der Waals surface area contributed by atoms with E-state index in [0.29, 0.717) is 0 Å². The van der Waals surface area contributed by atoms with Gasteiger partial charge in [-0.3, -0.25) is 13.7 Å². The lowest BCUT2D eigenvalue weighted by Gasteiger charge is -2.42. The van der Waals surface area contributed by atoms with Gasteiger partial charge in [0.2, 0.25) is 0 Å². The highest BCUT2D eigenvalue weighted by Gasteiger charge is 2.37. The zero-order valence-electron chi connectivity index (χ0n) is 31.7. The van der Waals surface area contributed by atoms with Crippen LogP contribution >= 0.6 is 0 Å². The van der Waals surface area contributed by atoms with E-state index in [1.54, 1.807) is 0 Å². The van der Waals surface area contributed by atoms with E-state index in [2.05, 4.69) is 184 Å². The van der Waals surface area contributed by atoms with E-state index in [-0.39, 0.29) is 16.2 Å². The van der Waals surface area contributed by atoms with E-state index in [0.717, 1.165) is 56.1 Å². The van der Waals surface area contributed by atoms with Crippen molar-refractivity contribution in [1.82, 2.24) is 14.1 Å². The number of imidazole rings is 1. The van der Waals surface area contributed by atoms with Gasteiger partial charge < -0.3 is 4.74 Å². The molecule has 0 amide bonds. The van der Waals surface area contributed by atoms with Crippen molar-refractivity contribution in [3.8, 4) is 28.7 Å². The zero-order valence-corrected chi connectivity index (χ0v) is 31.7. The summed E-state index contributed by atoms with van der Waals surface area (Å²) in [6.45, 7) is 16.2. The van der Waals surface area contributed by atoms with Gasteiger partial charge in [0, 0.05) is 23.0 Å². The predicted molar refractivity (Wildman–Crippen MR) is 216 cm³/mol. The summed E-state index contributed by atoms with van der Waals surface area (Å²) in [6, 6.07) is 43.1. The highest BCUT2D eigenvalue weighted by molar-refractivity contribution is 6.09. The van der Waals surface area contributed by atoms with Gasteiger partial charge in [-0.1, -0.05) is 103 Å². The molecule has 0 N–H and O–H groups in total. The van der Waals surface area contributed by atoms with Crippen LogP contribution in [0.2, 0.25) is 0 Å². The van der Waals surface area contributed by atoms with E-state index < -0.39 is 0 Å². The minimum absolute atomic E-state index is 0.00609. The molecule has 1 aliphatic carbocycles. The number of para-hydroxylation sites is 3. The fourth-order valence-electron chi connectivity index (χ4n) is 8.25. The summed E-state index contributed by atoms with van der Waals surface area (Å²) < 4.78 is 13.3. The summed E-state index contributed by atoms with van der Waals surface area (Å²) in [7, 11) is 0. The molecular weight excluding hydrogens is 649 g/mol. The second-order valence-corrected chi connectivity index (χ2v) is 17.0. The molecule has 0 spiro atoms. The molecule has 3 aromatic heterocycles. The van der Waals surface area contributed by atoms with Crippen LogP contribution in [0.5, 0.6) is 11.5 Å². The number of ether oxygens (including phenoxy) is 1. The van der Waals surface area contributed by atoms with Crippen LogP contribution in [0.15, 0.2) is 128 Å². The molecule has 5 aromatic carbocycles. The van der Waals surface area contributed by atoms with Gasteiger partial charge in [0.05, 0.1) is 33.4 Å². The number of rotatable bonds is 5. The van der Waals surface area contributed by atoms with Gasteiger partial charge >= 0.3 is 0 Å². The number of benzene rings is 5. The van der Waals surface area contributed by atoms with Gasteiger partial charge in [-0.2, -0.15) is 0 Å². The van der Waals surface area contributed by atoms with E-state index in [1.807, 2.05) is 12.3 Å². The van der Waals surface area contributed by atoms with E-state index in [4.69, 9.17) is 9.72 Å². The van der Waals surface area contributed by atoms with Crippen LogP contribution in [-0.2, 0) is 16.2 Å². The monoisotopic (exact) mass is 694 g/mol. The third-order valence-corrected chi connectivity index (χ3v) is 11.5. The third-order valence-electron chi connectivity index (χ3n) is 11.5. The molecule has 8 aromatic rings. The second-order valence-electron chi connectivity index (χ2n) is 17.0. The highest BCUT2D eigenvalue weighted by atomic mass is 16.5. The van der Waals surface area contributed by atoms with Gasteiger partial charge in [-0.05, 0) is 106 Å². The Balaban J connectivity index is 1.11. The van der Waals surface area contributed by atoms with Gasteiger partial charge in [0.1, 0.15) is 17.3 Å². The number of fused-ring (bicyclic) bond motifs is 5. The van der Waals surface area contributed by atoms with Crippen molar-refractivity contribution in [2.75, 3.05) is 0 Å². The summed E-state index contributed by atoms with van der Waals surface area (Å²) in [4.78, 5) is 4.85. The van der Waals surface area contributed by atoms with Crippen LogP contribution in [-0.4, -0.2) is 14.1 Å². The second kappa shape index (κ2) is 11.9. The van der Waals surface area contributed by atoms with Crippen molar-refractivity contribution in [1.29, 1.82) is 0 Å². The van der Waals surface area contributed by atoms with Gasteiger partial charge in [0.25, 0.3) is 6.33 Å². The summed E-state index contributed by atoms with van der Waals surface area (Å²) in [6.07, 6.45) is 8.01. The molecule has 0 saturated heterocycles. The molecule has 0 fully saturated rings. The largest absolute Gasteiger partial charge is 0.458 e. The molecule has 0 radical (unpaired) electrons. The van der Waals surface area contributed by atoms with Crippen molar-refractivity contribution >= 4 is 32.8 Å². The van der Waals surface area contributed by atoms with E-state index >= 15 is 0 Å². The normalized spacial score (nSPS) is 15.2. The van der Waals surface area contributed by atoms with Gasteiger partial charge in [-0.15, -0.1) is 0 Å². The van der Waals surface area contributed by atoms with Crippen LogP contribution in [0.3, 0.4) is 0 Å². The topological polar surface area (TPSA) is 35.9 Å².